The van der Waals surface area contributed by atoms with Crippen LogP contribution in [0.15, 0.2) is 28.7 Å². The van der Waals surface area contributed by atoms with Crippen molar-refractivity contribution in [3.05, 3.63) is 34.3 Å². The third-order valence-corrected chi connectivity index (χ3v) is 2.97. The molecule has 70 valence electrons. The zero-order chi connectivity index (χ0) is 9.26. The quantitative estimate of drug-likeness (QED) is 0.800. The number of alkyl halides is 1. The first-order chi connectivity index (χ1) is 6.27. The Hall–Kier alpha value is -0.410. The molecule has 3 heteroatoms. The summed E-state index contributed by atoms with van der Waals surface area (Å²) < 4.78 is 14.3. The highest BCUT2D eigenvalue weighted by Gasteiger charge is 2.27. The first kappa shape index (κ1) is 9.16. The Kier molecular flexibility index (Phi) is 2.65. The van der Waals surface area contributed by atoms with Crippen LogP contribution >= 0.6 is 15.9 Å². The van der Waals surface area contributed by atoms with Crippen LogP contribution in [-0.2, 0) is 0 Å². The molecule has 1 N–H and O–H groups in total. The lowest BCUT2D eigenvalue weighted by Gasteiger charge is -2.11. The molecule has 1 aliphatic rings. The lowest BCUT2D eigenvalue weighted by Crippen LogP contribution is -2.10. The maximum atomic E-state index is 13.3. The summed E-state index contributed by atoms with van der Waals surface area (Å²) in [6.45, 7) is 1.24. The van der Waals surface area contributed by atoms with E-state index in [0.29, 0.717) is 6.54 Å². The Morgan fingerprint density at radius 1 is 1.23 bits per heavy atom. The van der Waals surface area contributed by atoms with E-state index in [9.17, 15) is 4.39 Å². The fourth-order valence-corrected chi connectivity index (χ4v) is 1.95. The number of nitrogens with one attached hydrogen (secondary N) is 1. The van der Waals surface area contributed by atoms with Crippen molar-refractivity contribution in [2.45, 2.75) is 12.1 Å². The number of hydrogen-bond donors (Lipinski definition) is 1. The average molecular weight is 244 g/mol. The molecule has 2 rings (SSSR count). The van der Waals surface area contributed by atoms with Crippen LogP contribution in [0.3, 0.4) is 0 Å². The fraction of sp³-hybridized carbons (Fsp3) is 0.400. The van der Waals surface area contributed by atoms with Crippen molar-refractivity contribution >= 4 is 15.9 Å². The van der Waals surface area contributed by atoms with Gasteiger partial charge in [-0.1, -0.05) is 28.1 Å². The van der Waals surface area contributed by atoms with E-state index in [1.165, 1.54) is 0 Å². The third-order valence-electron chi connectivity index (χ3n) is 2.44. The third kappa shape index (κ3) is 1.92. The Balaban J connectivity index is 2.20. The van der Waals surface area contributed by atoms with Crippen LogP contribution in [0.2, 0.25) is 0 Å². The molecule has 1 heterocycles. The van der Waals surface area contributed by atoms with Gasteiger partial charge >= 0.3 is 0 Å². The van der Waals surface area contributed by atoms with Gasteiger partial charge in [-0.25, -0.2) is 4.39 Å². The largest absolute Gasteiger partial charge is 0.313 e. The lowest BCUT2D eigenvalue weighted by atomic mass is 9.97. The Bertz CT molecular complexity index is 285. The summed E-state index contributed by atoms with van der Waals surface area (Å²) in [6.07, 6.45) is -0.735. The molecule has 0 spiro atoms. The molecule has 1 aliphatic heterocycles. The summed E-state index contributed by atoms with van der Waals surface area (Å²) in [6, 6.07) is 7.88. The molecule has 1 aromatic rings. The van der Waals surface area contributed by atoms with E-state index in [1.807, 2.05) is 24.3 Å². The minimum absolute atomic E-state index is 0.0353. The van der Waals surface area contributed by atoms with Crippen LogP contribution in [-0.4, -0.2) is 19.3 Å². The number of rotatable bonds is 1. The predicted molar refractivity (Wildman–Crippen MR) is 54.6 cm³/mol. The van der Waals surface area contributed by atoms with Gasteiger partial charge in [0.05, 0.1) is 0 Å². The van der Waals surface area contributed by atoms with Gasteiger partial charge in [-0.2, -0.15) is 0 Å². The van der Waals surface area contributed by atoms with Crippen molar-refractivity contribution < 1.29 is 4.39 Å². The van der Waals surface area contributed by atoms with E-state index in [0.717, 1.165) is 16.6 Å². The fourth-order valence-electron chi connectivity index (χ4n) is 1.68. The topological polar surface area (TPSA) is 12.0 Å². The van der Waals surface area contributed by atoms with Crippen molar-refractivity contribution in [2.24, 2.45) is 0 Å². The molecular formula is C10H11BrFN. The highest BCUT2D eigenvalue weighted by Crippen LogP contribution is 2.26. The van der Waals surface area contributed by atoms with Crippen molar-refractivity contribution in [1.82, 2.24) is 5.32 Å². The maximum Gasteiger partial charge on any atom is 0.121 e. The normalized spacial score (nSPS) is 27.8. The van der Waals surface area contributed by atoms with Gasteiger partial charge in [0.1, 0.15) is 6.17 Å². The van der Waals surface area contributed by atoms with Crippen molar-refractivity contribution in [2.75, 3.05) is 13.1 Å². The van der Waals surface area contributed by atoms with Gasteiger partial charge in [0.15, 0.2) is 0 Å². The molecule has 2 atom stereocenters. The molecule has 0 aromatic heterocycles. The highest BCUT2D eigenvalue weighted by atomic mass is 79.9. The van der Waals surface area contributed by atoms with E-state index in [2.05, 4.69) is 21.2 Å². The van der Waals surface area contributed by atoms with Crippen molar-refractivity contribution in [3.63, 3.8) is 0 Å². The Morgan fingerprint density at radius 2 is 1.92 bits per heavy atom. The second kappa shape index (κ2) is 3.76. The number of benzene rings is 1. The maximum absolute atomic E-state index is 13.3. The highest BCUT2D eigenvalue weighted by molar-refractivity contribution is 9.10. The molecule has 1 saturated heterocycles. The van der Waals surface area contributed by atoms with E-state index in [-0.39, 0.29) is 5.92 Å². The summed E-state index contributed by atoms with van der Waals surface area (Å²) in [5.41, 5.74) is 1.08. The van der Waals surface area contributed by atoms with Crippen LogP contribution in [0.5, 0.6) is 0 Å². The predicted octanol–water partition coefficient (Wildman–Crippen LogP) is 2.47. The Labute approximate surface area is 85.5 Å². The van der Waals surface area contributed by atoms with Gasteiger partial charge in [0.25, 0.3) is 0 Å². The van der Waals surface area contributed by atoms with Gasteiger partial charge in [0, 0.05) is 23.5 Å². The van der Waals surface area contributed by atoms with Gasteiger partial charge in [-0.3, -0.25) is 0 Å². The summed E-state index contributed by atoms with van der Waals surface area (Å²) in [5.74, 6) is 0.0353. The van der Waals surface area contributed by atoms with Gasteiger partial charge in [0.2, 0.25) is 0 Å². The molecule has 1 aromatic carbocycles. The van der Waals surface area contributed by atoms with Crippen LogP contribution in [0.4, 0.5) is 4.39 Å². The molecular weight excluding hydrogens is 233 g/mol. The van der Waals surface area contributed by atoms with Crippen molar-refractivity contribution in [3.8, 4) is 0 Å². The molecule has 0 amide bonds. The lowest BCUT2D eigenvalue weighted by molar-refractivity contribution is 0.332. The van der Waals surface area contributed by atoms with E-state index < -0.39 is 6.17 Å². The molecule has 13 heavy (non-hydrogen) atoms. The van der Waals surface area contributed by atoms with Crippen LogP contribution in [0.1, 0.15) is 11.5 Å². The first-order valence-corrected chi connectivity index (χ1v) is 5.17. The SMILES string of the molecule is FC1CNCC1c1ccc(Br)cc1. The molecule has 0 radical (unpaired) electrons. The summed E-state index contributed by atoms with van der Waals surface area (Å²) in [5, 5.41) is 3.05. The summed E-state index contributed by atoms with van der Waals surface area (Å²) >= 11 is 3.36. The van der Waals surface area contributed by atoms with Crippen molar-refractivity contribution in [1.29, 1.82) is 0 Å². The first-order valence-electron chi connectivity index (χ1n) is 4.37. The minimum Gasteiger partial charge on any atom is -0.313 e. The van der Waals surface area contributed by atoms with E-state index in [4.69, 9.17) is 0 Å². The number of hydrogen-bond acceptors (Lipinski definition) is 1. The summed E-state index contributed by atoms with van der Waals surface area (Å²) in [7, 11) is 0. The monoisotopic (exact) mass is 243 g/mol. The average Bonchev–Trinajstić information content (AvgIpc) is 2.53. The van der Waals surface area contributed by atoms with Crippen LogP contribution in [0, 0.1) is 0 Å². The number of halogens is 2. The van der Waals surface area contributed by atoms with Crippen LogP contribution < -0.4 is 5.32 Å². The molecule has 0 bridgehead atoms. The van der Waals surface area contributed by atoms with E-state index in [1.54, 1.807) is 0 Å². The molecule has 0 aliphatic carbocycles. The van der Waals surface area contributed by atoms with Gasteiger partial charge in [-0.05, 0) is 17.7 Å². The Morgan fingerprint density at radius 3 is 2.46 bits per heavy atom. The molecule has 2 unspecified atom stereocenters. The second-order valence-corrected chi connectivity index (χ2v) is 4.25. The van der Waals surface area contributed by atoms with Crippen LogP contribution in [0.25, 0.3) is 0 Å². The zero-order valence-electron chi connectivity index (χ0n) is 7.13. The van der Waals surface area contributed by atoms with Gasteiger partial charge in [-0.15, -0.1) is 0 Å². The molecule has 1 fully saturated rings. The zero-order valence-corrected chi connectivity index (χ0v) is 8.72. The second-order valence-electron chi connectivity index (χ2n) is 3.33. The van der Waals surface area contributed by atoms with Gasteiger partial charge < -0.3 is 5.32 Å². The van der Waals surface area contributed by atoms with E-state index >= 15 is 0 Å². The smallest absolute Gasteiger partial charge is 0.121 e. The summed E-state index contributed by atoms with van der Waals surface area (Å²) in [4.78, 5) is 0. The molecule has 0 saturated carbocycles. The molecule has 1 nitrogen and oxygen atoms in total. The minimum atomic E-state index is -0.735. The standard InChI is InChI=1S/C10H11BrFN/c11-8-3-1-7(2-4-8)9-5-13-6-10(9)12/h1-4,9-10,13H,5-6H2.